The number of aromatic nitrogens is 3. The number of fused-ring (bicyclic) bond motifs is 1. The van der Waals surface area contributed by atoms with Crippen LogP contribution in [0.25, 0.3) is 5.65 Å². The standard InChI is InChI=1S/C13H13ClN4O2S/c14-11-2-1-3-12(10-11)21(19,20)16-6-7-17-8-9-18-13(17)4-5-15-18/h1-5,8-10,16H,6-7H2. The summed E-state index contributed by atoms with van der Waals surface area (Å²) >= 11 is 5.81. The summed E-state index contributed by atoms with van der Waals surface area (Å²) in [5, 5.41) is 4.49. The van der Waals surface area contributed by atoms with Crippen LogP contribution in [-0.4, -0.2) is 29.1 Å². The van der Waals surface area contributed by atoms with Crippen molar-refractivity contribution in [3.05, 3.63) is 53.9 Å². The van der Waals surface area contributed by atoms with Crippen molar-refractivity contribution in [2.24, 2.45) is 0 Å². The van der Waals surface area contributed by atoms with E-state index in [-0.39, 0.29) is 11.4 Å². The fraction of sp³-hybridized carbons (Fsp3) is 0.154. The Kier molecular flexibility index (Phi) is 3.71. The Morgan fingerprint density at radius 3 is 2.90 bits per heavy atom. The molecule has 3 aromatic rings. The highest BCUT2D eigenvalue weighted by atomic mass is 35.5. The molecular formula is C13H13ClN4O2S. The molecule has 2 aromatic heterocycles. The van der Waals surface area contributed by atoms with E-state index in [0.717, 1.165) is 5.65 Å². The molecule has 0 amide bonds. The largest absolute Gasteiger partial charge is 0.330 e. The monoisotopic (exact) mass is 324 g/mol. The molecule has 21 heavy (non-hydrogen) atoms. The molecule has 1 N–H and O–H groups in total. The van der Waals surface area contributed by atoms with Crippen molar-refractivity contribution in [1.29, 1.82) is 0 Å². The minimum atomic E-state index is -3.55. The van der Waals surface area contributed by atoms with Crippen molar-refractivity contribution >= 4 is 27.3 Å². The van der Waals surface area contributed by atoms with Gasteiger partial charge in [0.15, 0.2) is 0 Å². The van der Waals surface area contributed by atoms with Gasteiger partial charge < -0.3 is 4.57 Å². The molecule has 0 aliphatic rings. The Hall–Kier alpha value is -1.83. The Bertz CT molecular complexity index is 869. The second kappa shape index (κ2) is 5.51. The van der Waals surface area contributed by atoms with E-state index in [1.165, 1.54) is 12.1 Å². The third kappa shape index (κ3) is 2.94. The van der Waals surface area contributed by atoms with Gasteiger partial charge in [-0.1, -0.05) is 17.7 Å². The van der Waals surface area contributed by atoms with Crippen molar-refractivity contribution in [3.63, 3.8) is 0 Å². The predicted octanol–water partition coefficient (Wildman–Crippen LogP) is 1.77. The van der Waals surface area contributed by atoms with Crippen molar-refractivity contribution in [3.8, 4) is 0 Å². The normalized spacial score (nSPS) is 12.0. The molecule has 0 radical (unpaired) electrons. The molecule has 0 saturated heterocycles. The van der Waals surface area contributed by atoms with Gasteiger partial charge in [0.25, 0.3) is 0 Å². The van der Waals surface area contributed by atoms with Gasteiger partial charge in [-0.05, 0) is 18.2 Å². The number of rotatable bonds is 5. The van der Waals surface area contributed by atoms with E-state index in [9.17, 15) is 8.42 Å². The number of hydrogen-bond donors (Lipinski definition) is 1. The van der Waals surface area contributed by atoms with Gasteiger partial charge in [0, 0.05) is 36.6 Å². The van der Waals surface area contributed by atoms with E-state index in [4.69, 9.17) is 11.6 Å². The summed E-state index contributed by atoms with van der Waals surface area (Å²) in [6.07, 6.45) is 5.37. The maximum absolute atomic E-state index is 12.1. The second-order valence-corrected chi connectivity index (χ2v) is 6.68. The lowest BCUT2D eigenvalue weighted by Crippen LogP contribution is -2.27. The van der Waals surface area contributed by atoms with Crippen LogP contribution in [0.2, 0.25) is 5.02 Å². The SMILES string of the molecule is O=S(=O)(NCCn1ccn2nccc12)c1cccc(Cl)c1. The van der Waals surface area contributed by atoms with Gasteiger partial charge in [-0.25, -0.2) is 17.7 Å². The number of benzene rings is 1. The minimum absolute atomic E-state index is 0.164. The molecule has 2 heterocycles. The Morgan fingerprint density at radius 1 is 1.24 bits per heavy atom. The number of nitrogens with zero attached hydrogens (tertiary/aromatic N) is 3. The molecule has 6 nitrogen and oxygen atoms in total. The van der Waals surface area contributed by atoms with Gasteiger partial charge in [0.2, 0.25) is 10.0 Å². The Balaban J connectivity index is 1.69. The van der Waals surface area contributed by atoms with Gasteiger partial charge in [-0.2, -0.15) is 5.10 Å². The van der Waals surface area contributed by atoms with Crippen molar-refractivity contribution in [2.45, 2.75) is 11.4 Å². The quantitative estimate of drug-likeness (QED) is 0.777. The van der Waals surface area contributed by atoms with E-state index in [1.807, 2.05) is 23.0 Å². The fourth-order valence-corrected chi connectivity index (χ4v) is 3.40. The summed E-state index contributed by atoms with van der Waals surface area (Å²) < 4.78 is 30.5. The van der Waals surface area contributed by atoms with E-state index in [1.54, 1.807) is 22.8 Å². The average Bonchev–Trinajstić information content (AvgIpc) is 3.03. The molecule has 0 aliphatic heterocycles. The van der Waals surface area contributed by atoms with Crippen LogP contribution in [0.1, 0.15) is 0 Å². The smallest absolute Gasteiger partial charge is 0.240 e. The number of imidazole rings is 1. The number of nitrogens with one attached hydrogen (secondary N) is 1. The van der Waals surface area contributed by atoms with Crippen LogP contribution in [0.3, 0.4) is 0 Å². The van der Waals surface area contributed by atoms with Crippen LogP contribution in [0, 0.1) is 0 Å². The first kappa shape index (κ1) is 14.1. The van der Waals surface area contributed by atoms with E-state index in [0.29, 0.717) is 11.6 Å². The van der Waals surface area contributed by atoms with Gasteiger partial charge in [0.05, 0.1) is 11.1 Å². The molecule has 0 aliphatic carbocycles. The molecule has 0 fully saturated rings. The zero-order valence-electron chi connectivity index (χ0n) is 11.0. The first-order valence-electron chi connectivity index (χ1n) is 6.30. The van der Waals surface area contributed by atoms with Crippen LogP contribution in [-0.2, 0) is 16.6 Å². The fourth-order valence-electron chi connectivity index (χ4n) is 2.08. The minimum Gasteiger partial charge on any atom is -0.330 e. The van der Waals surface area contributed by atoms with Crippen LogP contribution >= 0.6 is 11.6 Å². The summed E-state index contributed by atoms with van der Waals surface area (Å²) in [6.45, 7) is 0.798. The topological polar surface area (TPSA) is 68.4 Å². The van der Waals surface area contributed by atoms with Crippen molar-refractivity contribution < 1.29 is 8.42 Å². The first-order valence-corrected chi connectivity index (χ1v) is 8.16. The lowest BCUT2D eigenvalue weighted by Gasteiger charge is -2.08. The summed E-state index contributed by atoms with van der Waals surface area (Å²) in [4.78, 5) is 0.164. The molecule has 110 valence electrons. The highest BCUT2D eigenvalue weighted by Crippen LogP contribution is 2.15. The second-order valence-electron chi connectivity index (χ2n) is 4.48. The highest BCUT2D eigenvalue weighted by molar-refractivity contribution is 7.89. The van der Waals surface area contributed by atoms with Crippen molar-refractivity contribution in [1.82, 2.24) is 18.9 Å². The lowest BCUT2D eigenvalue weighted by molar-refractivity contribution is 0.574. The maximum atomic E-state index is 12.1. The molecule has 1 aromatic carbocycles. The summed E-state index contributed by atoms with van der Waals surface area (Å²) in [6, 6.07) is 8.05. The van der Waals surface area contributed by atoms with Crippen LogP contribution in [0.15, 0.2) is 53.8 Å². The van der Waals surface area contributed by atoms with Crippen LogP contribution in [0.5, 0.6) is 0 Å². The average molecular weight is 325 g/mol. The third-order valence-electron chi connectivity index (χ3n) is 3.08. The van der Waals surface area contributed by atoms with Crippen molar-refractivity contribution in [2.75, 3.05) is 6.54 Å². The first-order chi connectivity index (χ1) is 10.1. The highest BCUT2D eigenvalue weighted by Gasteiger charge is 2.13. The Labute approximate surface area is 127 Å². The van der Waals surface area contributed by atoms with E-state index >= 15 is 0 Å². The molecule has 0 spiro atoms. The molecule has 8 heteroatoms. The maximum Gasteiger partial charge on any atom is 0.240 e. The van der Waals surface area contributed by atoms with Gasteiger partial charge >= 0.3 is 0 Å². The van der Waals surface area contributed by atoms with Crippen LogP contribution < -0.4 is 4.72 Å². The number of sulfonamides is 1. The molecular weight excluding hydrogens is 312 g/mol. The van der Waals surface area contributed by atoms with Gasteiger partial charge in [-0.15, -0.1) is 0 Å². The predicted molar refractivity (Wildman–Crippen MR) is 79.8 cm³/mol. The third-order valence-corrected chi connectivity index (χ3v) is 4.78. The summed E-state index contributed by atoms with van der Waals surface area (Å²) in [5.74, 6) is 0. The zero-order valence-corrected chi connectivity index (χ0v) is 12.5. The summed E-state index contributed by atoms with van der Waals surface area (Å²) in [5.41, 5.74) is 0.914. The Morgan fingerprint density at radius 2 is 2.10 bits per heavy atom. The molecule has 0 saturated carbocycles. The lowest BCUT2D eigenvalue weighted by atomic mass is 10.4. The van der Waals surface area contributed by atoms with Crippen LogP contribution in [0.4, 0.5) is 0 Å². The van der Waals surface area contributed by atoms with Gasteiger partial charge in [-0.3, -0.25) is 0 Å². The number of hydrogen-bond acceptors (Lipinski definition) is 3. The van der Waals surface area contributed by atoms with E-state index in [2.05, 4.69) is 9.82 Å². The molecule has 3 rings (SSSR count). The molecule has 0 bridgehead atoms. The van der Waals surface area contributed by atoms with E-state index < -0.39 is 10.0 Å². The molecule has 0 unspecified atom stereocenters. The number of halogens is 1. The molecule has 0 atom stereocenters. The zero-order chi connectivity index (χ0) is 14.9. The van der Waals surface area contributed by atoms with Gasteiger partial charge in [0.1, 0.15) is 5.65 Å². The summed E-state index contributed by atoms with van der Waals surface area (Å²) in [7, 11) is -3.55.